The number of nitrogens with zero attached hydrogens (tertiary/aromatic N) is 2. The molecule has 0 bridgehead atoms. The Morgan fingerprint density at radius 3 is 2.52 bits per heavy atom. The van der Waals surface area contributed by atoms with Crippen molar-refractivity contribution in [3.05, 3.63) is 35.1 Å². The third-order valence-electron chi connectivity index (χ3n) is 3.83. The lowest BCUT2D eigenvalue weighted by Gasteiger charge is -2.34. The van der Waals surface area contributed by atoms with E-state index in [9.17, 15) is 4.39 Å². The van der Waals surface area contributed by atoms with Crippen molar-refractivity contribution in [2.75, 3.05) is 39.3 Å². The van der Waals surface area contributed by atoms with Gasteiger partial charge in [-0.25, -0.2) is 4.39 Å². The van der Waals surface area contributed by atoms with Crippen molar-refractivity contribution in [2.45, 2.75) is 19.9 Å². The first-order valence-corrected chi connectivity index (χ1v) is 7.55. The quantitative estimate of drug-likeness (QED) is 0.855. The van der Waals surface area contributed by atoms with Gasteiger partial charge in [-0.05, 0) is 18.7 Å². The maximum Gasteiger partial charge on any atom is 0.128 e. The van der Waals surface area contributed by atoms with Gasteiger partial charge in [-0.15, -0.1) is 0 Å². The van der Waals surface area contributed by atoms with Crippen molar-refractivity contribution in [3.63, 3.8) is 0 Å². The molecule has 1 N–H and O–H groups in total. The first-order valence-electron chi connectivity index (χ1n) is 7.55. The molecular formula is C17H23FN2O. The maximum absolute atomic E-state index is 14.1. The smallest absolute Gasteiger partial charge is 0.128 e. The van der Waals surface area contributed by atoms with Crippen molar-refractivity contribution in [1.82, 2.24) is 9.80 Å². The van der Waals surface area contributed by atoms with Crippen molar-refractivity contribution >= 4 is 0 Å². The van der Waals surface area contributed by atoms with Crippen molar-refractivity contribution in [2.24, 2.45) is 0 Å². The molecule has 1 aromatic carbocycles. The van der Waals surface area contributed by atoms with E-state index in [1.54, 1.807) is 0 Å². The Kier molecular flexibility index (Phi) is 6.19. The van der Waals surface area contributed by atoms with Crippen LogP contribution in [-0.2, 0) is 6.54 Å². The molecule has 1 heterocycles. The third-order valence-corrected chi connectivity index (χ3v) is 3.83. The number of halogens is 1. The lowest BCUT2D eigenvalue weighted by molar-refractivity contribution is 0.131. The van der Waals surface area contributed by atoms with Gasteiger partial charge in [0, 0.05) is 50.3 Å². The molecule has 114 valence electrons. The summed E-state index contributed by atoms with van der Waals surface area (Å²) in [6, 6.07) is 5.16. The Morgan fingerprint density at radius 2 is 1.90 bits per heavy atom. The van der Waals surface area contributed by atoms with Gasteiger partial charge in [0.15, 0.2) is 0 Å². The summed E-state index contributed by atoms with van der Waals surface area (Å²) < 4.78 is 14.1. The summed E-state index contributed by atoms with van der Waals surface area (Å²) in [5.41, 5.74) is 1.40. The highest BCUT2D eigenvalue weighted by Gasteiger charge is 2.16. The minimum absolute atomic E-state index is 0.0390. The Labute approximate surface area is 126 Å². The molecule has 3 nitrogen and oxygen atoms in total. The summed E-state index contributed by atoms with van der Waals surface area (Å²) in [6.45, 7) is 8.06. The number of piperazine rings is 1. The molecule has 0 aliphatic carbocycles. The number of aliphatic hydroxyl groups is 1. The molecule has 0 amide bonds. The minimum Gasteiger partial charge on any atom is -0.395 e. The van der Waals surface area contributed by atoms with E-state index in [4.69, 9.17) is 5.11 Å². The first-order chi connectivity index (χ1) is 10.2. The number of hydrogen-bond acceptors (Lipinski definition) is 3. The Bertz CT molecular complexity index is 513. The molecule has 1 aliphatic heterocycles. The second kappa shape index (κ2) is 8.14. The fraction of sp³-hybridized carbons (Fsp3) is 0.529. The molecule has 1 saturated heterocycles. The molecule has 1 fully saturated rings. The summed E-state index contributed by atoms with van der Waals surface area (Å²) in [4.78, 5) is 4.70. The zero-order valence-corrected chi connectivity index (χ0v) is 12.6. The normalized spacial score (nSPS) is 16.5. The van der Waals surface area contributed by atoms with E-state index < -0.39 is 0 Å². The molecule has 1 aliphatic rings. The van der Waals surface area contributed by atoms with Crippen LogP contribution in [0.25, 0.3) is 0 Å². The highest BCUT2D eigenvalue weighted by molar-refractivity contribution is 5.37. The van der Waals surface area contributed by atoms with Gasteiger partial charge in [-0.1, -0.05) is 24.8 Å². The lowest BCUT2D eigenvalue weighted by Crippen LogP contribution is -2.45. The molecular weight excluding hydrogens is 267 g/mol. The van der Waals surface area contributed by atoms with E-state index in [0.717, 1.165) is 38.3 Å². The van der Waals surface area contributed by atoms with E-state index in [1.165, 1.54) is 6.07 Å². The molecule has 0 spiro atoms. The molecule has 4 heteroatoms. The molecule has 0 unspecified atom stereocenters. The first kappa shape index (κ1) is 16.0. The zero-order chi connectivity index (χ0) is 15.1. The number of aliphatic hydroxyl groups excluding tert-OH is 1. The SMILES string of the molecule is CCN1CCN(Cc2ccc(C#CCCO)cc2F)CC1. The Balaban J connectivity index is 1.94. The molecule has 0 saturated carbocycles. The predicted molar refractivity (Wildman–Crippen MR) is 82.4 cm³/mol. The largest absolute Gasteiger partial charge is 0.395 e. The second-order valence-corrected chi connectivity index (χ2v) is 5.29. The van der Waals surface area contributed by atoms with Crippen molar-refractivity contribution < 1.29 is 9.50 Å². The summed E-state index contributed by atoms with van der Waals surface area (Å²) in [6.07, 6.45) is 0.422. The van der Waals surface area contributed by atoms with Crippen molar-refractivity contribution in [1.29, 1.82) is 0 Å². The summed E-state index contributed by atoms with van der Waals surface area (Å²) in [7, 11) is 0. The van der Waals surface area contributed by atoms with Crippen molar-refractivity contribution in [3.8, 4) is 11.8 Å². The van der Waals surface area contributed by atoms with Crippen LogP contribution in [-0.4, -0.2) is 54.2 Å². The summed E-state index contributed by atoms with van der Waals surface area (Å²) in [5, 5.41) is 8.68. The zero-order valence-electron chi connectivity index (χ0n) is 12.6. The summed E-state index contributed by atoms with van der Waals surface area (Å²) in [5.74, 6) is 5.48. The van der Waals surface area contributed by atoms with Crippen LogP contribution < -0.4 is 0 Å². The number of rotatable bonds is 4. The minimum atomic E-state index is -0.191. The number of benzene rings is 1. The highest BCUT2D eigenvalue weighted by atomic mass is 19.1. The van der Waals surface area contributed by atoms with Crippen LogP contribution in [0, 0.1) is 17.7 Å². The fourth-order valence-corrected chi connectivity index (χ4v) is 2.48. The van der Waals surface area contributed by atoms with Crippen LogP contribution in [0.2, 0.25) is 0 Å². The number of hydrogen-bond donors (Lipinski definition) is 1. The van der Waals surface area contributed by atoms with E-state index in [0.29, 0.717) is 18.5 Å². The standard InChI is InChI=1S/C17H23FN2O/c1-2-19-8-10-20(11-9-19)14-16-7-6-15(13-17(16)18)5-3-4-12-21/h6-7,13,21H,2,4,8-12,14H2,1H3. The van der Waals surface area contributed by atoms with E-state index in [2.05, 4.69) is 28.6 Å². The predicted octanol–water partition coefficient (Wildman–Crippen LogP) is 1.70. The van der Waals surface area contributed by atoms with Crippen LogP contribution in [0.3, 0.4) is 0 Å². The summed E-state index contributed by atoms with van der Waals surface area (Å²) >= 11 is 0. The Hall–Kier alpha value is -1.41. The monoisotopic (exact) mass is 290 g/mol. The second-order valence-electron chi connectivity index (χ2n) is 5.29. The van der Waals surface area contributed by atoms with E-state index >= 15 is 0 Å². The van der Waals surface area contributed by atoms with Crippen LogP contribution in [0.15, 0.2) is 18.2 Å². The van der Waals surface area contributed by atoms with Crippen LogP contribution in [0.1, 0.15) is 24.5 Å². The molecule has 0 aromatic heterocycles. The van der Waals surface area contributed by atoms with Gasteiger partial charge in [0.25, 0.3) is 0 Å². The van der Waals surface area contributed by atoms with Gasteiger partial charge in [-0.2, -0.15) is 0 Å². The van der Waals surface area contributed by atoms with Gasteiger partial charge in [0.1, 0.15) is 5.82 Å². The van der Waals surface area contributed by atoms with Gasteiger partial charge in [-0.3, -0.25) is 4.90 Å². The van der Waals surface area contributed by atoms with E-state index in [1.807, 2.05) is 12.1 Å². The topological polar surface area (TPSA) is 26.7 Å². The van der Waals surface area contributed by atoms with Crippen LogP contribution in [0.5, 0.6) is 0 Å². The lowest BCUT2D eigenvalue weighted by atomic mass is 10.1. The average Bonchev–Trinajstić information content (AvgIpc) is 2.51. The van der Waals surface area contributed by atoms with Gasteiger partial charge >= 0.3 is 0 Å². The maximum atomic E-state index is 14.1. The Morgan fingerprint density at radius 1 is 1.19 bits per heavy atom. The van der Waals surface area contributed by atoms with Crippen LogP contribution >= 0.6 is 0 Å². The molecule has 1 aromatic rings. The third kappa shape index (κ3) is 4.82. The van der Waals surface area contributed by atoms with Gasteiger partial charge < -0.3 is 10.0 Å². The number of likely N-dealkylation sites (N-methyl/N-ethyl adjacent to an activating group) is 1. The van der Waals surface area contributed by atoms with E-state index in [-0.39, 0.29) is 12.4 Å². The molecule has 21 heavy (non-hydrogen) atoms. The average molecular weight is 290 g/mol. The van der Waals surface area contributed by atoms with Gasteiger partial charge in [0.05, 0.1) is 6.61 Å². The fourth-order valence-electron chi connectivity index (χ4n) is 2.48. The molecule has 0 atom stereocenters. The van der Waals surface area contributed by atoms with Crippen LogP contribution in [0.4, 0.5) is 4.39 Å². The molecule has 2 rings (SSSR count). The molecule has 0 radical (unpaired) electrons. The van der Waals surface area contributed by atoms with Gasteiger partial charge in [0.2, 0.25) is 0 Å². The highest BCUT2D eigenvalue weighted by Crippen LogP contribution is 2.14.